The van der Waals surface area contributed by atoms with Gasteiger partial charge >= 0.3 is 5.97 Å². The topological polar surface area (TPSA) is 164 Å². The Balaban J connectivity index is 1.35. The fourth-order valence-electron chi connectivity index (χ4n) is 6.23. The van der Waals surface area contributed by atoms with E-state index in [1.165, 1.54) is 0 Å². The van der Waals surface area contributed by atoms with Crippen molar-refractivity contribution in [2.75, 3.05) is 6.54 Å². The first-order valence-corrected chi connectivity index (χ1v) is 13.2. The second-order valence-electron chi connectivity index (χ2n) is 10.6. The summed E-state index contributed by atoms with van der Waals surface area (Å²) in [4.78, 5) is 16.5. The number of nitrogens with one attached hydrogen (secondary N) is 2. The first-order chi connectivity index (χ1) is 18.7. The number of hydrogen-bond donors (Lipinski definition) is 7. The molecule has 0 unspecified atom stereocenters. The van der Waals surface area contributed by atoms with Gasteiger partial charge < -0.3 is 45.3 Å². The van der Waals surface area contributed by atoms with Gasteiger partial charge in [0.25, 0.3) is 0 Å². The van der Waals surface area contributed by atoms with Crippen LogP contribution >= 0.6 is 0 Å². The normalized spacial score (nSPS) is 31.0. The monoisotopic (exact) mass is 536 g/mol. The lowest BCUT2D eigenvalue weighted by Gasteiger charge is -2.39. The van der Waals surface area contributed by atoms with E-state index in [0.29, 0.717) is 23.9 Å². The fourth-order valence-corrected chi connectivity index (χ4v) is 6.23. The lowest BCUT2D eigenvalue weighted by atomic mass is 9.86. The standard InChI is InChI=1S/C29H32N2O8/c1-2-30-18-9-10-28(36,13-18)29(37)26(34)23(33)25(39-29)27(35)38-24-21(14-32)31-20-8-7-17-11-15-5-3-4-6-16(15)12-19(17)22(20)24/h3-8,11-12,18,23,25-26,30-34,36-37H,2,9-10,13-14H2,1H3/t18-,23-,25+,26+,28-,29+/m0/s1. The number of carbonyl (C=O) groups is 1. The molecule has 1 aliphatic heterocycles. The summed E-state index contributed by atoms with van der Waals surface area (Å²) in [5, 5.41) is 61.5. The fraction of sp³-hybridized carbons (Fsp3) is 0.414. The summed E-state index contributed by atoms with van der Waals surface area (Å²) in [5.41, 5.74) is -1.02. The number of fused-ring (bicyclic) bond motifs is 4. The molecule has 0 radical (unpaired) electrons. The van der Waals surface area contributed by atoms with Crippen LogP contribution in [0.3, 0.4) is 0 Å². The van der Waals surface area contributed by atoms with E-state index in [0.717, 1.165) is 21.5 Å². The number of aliphatic hydroxyl groups is 5. The van der Waals surface area contributed by atoms with Gasteiger partial charge in [-0.05, 0) is 65.6 Å². The van der Waals surface area contributed by atoms with Gasteiger partial charge in [0.2, 0.25) is 5.79 Å². The second kappa shape index (κ2) is 9.53. The molecule has 1 saturated carbocycles. The first kappa shape index (κ1) is 26.1. The number of esters is 1. The van der Waals surface area contributed by atoms with Gasteiger partial charge in [0.1, 0.15) is 17.8 Å². The van der Waals surface area contributed by atoms with E-state index in [1.54, 1.807) is 0 Å². The molecule has 6 atom stereocenters. The largest absolute Gasteiger partial charge is 0.422 e. The number of hydrogen-bond acceptors (Lipinski definition) is 9. The number of aliphatic hydroxyl groups excluding tert-OH is 3. The van der Waals surface area contributed by atoms with Crippen molar-refractivity contribution in [1.82, 2.24) is 10.3 Å². The van der Waals surface area contributed by atoms with Crippen LogP contribution < -0.4 is 10.1 Å². The van der Waals surface area contributed by atoms with E-state index in [9.17, 15) is 30.3 Å². The van der Waals surface area contributed by atoms with E-state index in [2.05, 4.69) is 10.3 Å². The minimum Gasteiger partial charge on any atom is -0.422 e. The van der Waals surface area contributed by atoms with Crippen molar-refractivity contribution in [1.29, 1.82) is 0 Å². The number of aromatic amines is 1. The molecule has 6 rings (SSSR count). The molecule has 206 valence electrons. The van der Waals surface area contributed by atoms with Crippen LogP contribution in [0.4, 0.5) is 0 Å². The molecule has 7 N–H and O–H groups in total. The van der Waals surface area contributed by atoms with Crippen molar-refractivity contribution in [2.24, 2.45) is 0 Å². The summed E-state index contributed by atoms with van der Waals surface area (Å²) >= 11 is 0. The number of aromatic nitrogens is 1. The van der Waals surface area contributed by atoms with Gasteiger partial charge in [-0.25, -0.2) is 4.79 Å². The van der Waals surface area contributed by atoms with Crippen LogP contribution in [0.5, 0.6) is 5.75 Å². The van der Waals surface area contributed by atoms with E-state index < -0.39 is 42.3 Å². The maximum Gasteiger partial charge on any atom is 0.343 e. The summed E-state index contributed by atoms with van der Waals surface area (Å²) < 4.78 is 11.3. The van der Waals surface area contributed by atoms with Crippen molar-refractivity contribution < 1.29 is 39.8 Å². The number of carbonyl (C=O) groups excluding carboxylic acids is 1. The van der Waals surface area contributed by atoms with Gasteiger partial charge in [-0.1, -0.05) is 37.3 Å². The zero-order chi connectivity index (χ0) is 27.5. The van der Waals surface area contributed by atoms with Crippen LogP contribution in [0, 0.1) is 0 Å². The Hall–Kier alpha value is -3.09. The van der Waals surface area contributed by atoms with E-state index in [4.69, 9.17) is 9.47 Å². The number of rotatable bonds is 6. The molecular formula is C29H32N2O8. The van der Waals surface area contributed by atoms with Crippen LogP contribution in [0.25, 0.3) is 32.4 Å². The van der Waals surface area contributed by atoms with Gasteiger partial charge in [-0.15, -0.1) is 0 Å². The Kier molecular flexibility index (Phi) is 6.39. The highest BCUT2D eigenvalue weighted by atomic mass is 16.7. The molecule has 2 fully saturated rings. The zero-order valence-corrected chi connectivity index (χ0v) is 21.4. The Morgan fingerprint density at radius 2 is 1.87 bits per heavy atom. The van der Waals surface area contributed by atoms with Crippen LogP contribution in [-0.4, -0.2) is 78.8 Å². The molecule has 3 aromatic carbocycles. The van der Waals surface area contributed by atoms with Crippen molar-refractivity contribution in [3.63, 3.8) is 0 Å². The highest BCUT2D eigenvalue weighted by molar-refractivity contribution is 6.14. The van der Waals surface area contributed by atoms with E-state index in [1.807, 2.05) is 55.5 Å². The average molecular weight is 537 g/mol. The van der Waals surface area contributed by atoms with Gasteiger partial charge in [0.05, 0.1) is 23.2 Å². The highest BCUT2D eigenvalue weighted by Crippen LogP contribution is 2.47. The lowest BCUT2D eigenvalue weighted by Crippen LogP contribution is -2.60. The predicted molar refractivity (Wildman–Crippen MR) is 143 cm³/mol. The van der Waals surface area contributed by atoms with Crippen LogP contribution in [0.15, 0.2) is 48.5 Å². The van der Waals surface area contributed by atoms with Crippen molar-refractivity contribution in [3.05, 3.63) is 54.2 Å². The lowest BCUT2D eigenvalue weighted by molar-refractivity contribution is -0.313. The summed E-state index contributed by atoms with van der Waals surface area (Å²) in [7, 11) is 0. The third-order valence-electron chi connectivity index (χ3n) is 8.26. The molecule has 1 saturated heterocycles. The predicted octanol–water partition coefficient (Wildman–Crippen LogP) is 1.57. The van der Waals surface area contributed by atoms with Crippen LogP contribution in [0.1, 0.15) is 31.9 Å². The molecule has 0 bridgehead atoms. The number of benzene rings is 3. The number of ether oxygens (including phenoxy) is 2. The number of H-pyrrole nitrogens is 1. The maximum absolute atomic E-state index is 13.4. The summed E-state index contributed by atoms with van der Waals surface area (Å²) in [6.07, 6.45) is -4.89. The Morgan fingerprint density at radius 1 is 1.13 bits per heavy atom. The molecule has 4 aromatic rings. The van der Waals surface area contributed by atoms with Crippen molar-refractivity contribution >= 4 is 38.4 Å². The molecule has 0 spiro atoms. The van der Waals surface area contributed by atoms with E-state index >= 15 is 0 Å². The van der Waals surface area contributed by atoms with Crippen molar-refractivity contribution in [3.8, 4) is 5.75 Å². The molecule has 39 heavy (non-hydrogen) atoms. The zero-order valence-electron chi connectivity index (χ0n) is 21.4. The van der Waals surface area contributed by atoms with Crippen molar-refractivity contribution in [2.45, 2.75) is 68.5 Å². The second-order valence-corrected chi connectivity index (χ2v) is 10.6. The summed E-state index contributed by atoms with van der Waals surface area (Å²) in [6.45, 7) is 2.11. The van der Waals surface area contributed by atoms with Gasteiger partial charge in [-0.2, -0.15) is 0 Å². The average Bonchev–Trinajstić information content (AvgIpc) is 3.57. The third kappa shape index (κ3) is 4.03. The minimum atomic E-state index is -2.58. The minimum absolute atomic E-state index is 0.0610. The first-order valence-electron chi connectivity index (χ1n) is 13.2. The smallest absolute Gasteiger partial charge is 0.343 e. The molecular weight excluding hydrogens is 504 g/mol. The van der Waals surface area contributed by atoms with Gasteiger partial charge in [-0.3, -0.25) is 0 Å². The molecule has 2 aliphatic rings. The Morgan fingerprint density at radius 3 is 2.59 bits per heavy atom. The Labute approximate surface area is 223 Å². The van der Waals surface area contributed by atoms with Crippen LogP contribution in [-0.2, 0) is 16.1 Å². The molecule has 1 aliphatic carbocycles. The van der Waals surface area contributed by atoms with Gasteiger partial charge in [0, 0.05) is 6.04 Å². The van der Waals surface area contributed by atoms with Gasteiger partial charge in [0.15, 0.2) is 11.9 Å². The third-order valence-corrected chi connectivity index (χ3v) is 8.26. The molecule has 2 heterocycles. The molecule has 10 nitrogen and oxygen atoms in total. The quantitative estimate of drug-likeness (QED) is 0.143. The molecule has 0 amide bonds. The summed E-state index contributed by atoms with van der Waals surface area (Å²) in [5.74, 6) is -3.59. The highest BCUT2D eigenvalue weighted by Gasteiger charge is 2.67. The maximum atomic E-state index is 13.4. The molecule has 1 aromatic heterocycles. The van der Waals surface area contributed by atoms with E-state index in [-0.39, 0.29) is 30.3 Å². The van der Waals surface area contributed by atoms with Crippen LogP contribution in [0.2, 0.25) is 0 Å². The molecule has 10 heteroatoms. The SMILES string of the molecule is CCN[C@H]1CC[C@@](O)([C@]2(O)O[C@@H](C(=O)Oc3c(CO)[nH]c4ccc5cc6ccccc6cc5c34)[C@H](O)[C@H]2O)C1. The summed E-state index contributed by atoms with van der Waals surface area (Å²) in [6, 6.07) is 15.5. The Bertz CT molecular complexity index is 1570.